The van der Waals surface area contributed by atoms with Crippen molar-refractivity contribution in [2.45, 2.75) is 12.5 Å². The molecule has 0 spiro atoms. The predicted molar refractivity (Wildman–Crippen MR) is 70.9 cm³/mol. The second kappa shape index (κ2) is 5.69. The highest BCUT2D eigenvalue weighted by atomic mass is 35.5. The number of benzene rings is 1. The van der Waals surface area contributed by atoms with Crippen molar-refractivity contribution in [3.05, 3.63) is 50.9 Å². The summed E-state index contributed by atoms with van der Waals surface area (Å²) in [5, 5.41) is 12.4. The number of aliphatic hydroxyl groups excluding tert-OH is 1. The molecule has 0 saturated carbocycles. The maximum absolute atomic E-state index is 13.5. The molecule has 1 heterocycles. The largest absolute Gasteiger partial charge is 0.494 e. The highest BCUT2D eigenvalue weighted by molar-refractivity contribution is 7.10. The smallest absolute Gasteiger partial charge is 0.165 e. The summed E-state index contributed by atoms with van der Waals surface area (Å²) in [4.78, 5) is 0.774. The third-order valence-electron chi connectivity index (χ3n) is 2.56. The van der Waals surface area contributed by atoms with E-state index in [2.05, 4.69) is 0 Å². The van der Waals surface area contributed by atoms with E-state index in [0.29, 0.717) is 17.0 Å². The summed E-state index contributed by atoms with van der Waals surface area (Å²) in [5.41, 5.74) is 0.713. The average molecular weight is 287 g/mol. The first-order valence-electron chi connectivity index (χ1n) is 5.34. The van der Waals surface area contributed by atoms with Crippen LogP contribution in [0, 0.1) is 5.82 Å². The number of halogens is 2. The molecule has 18 heavy (non-hydrogen) atoms. The number of methoxy groups -OCH3 is 1. The summed E-state index contributed by atoms with van der Waals surface area (Å²) < 4.78 is 18.3. The Balaban J connectivity index is 2.12. The monoisotopic (exact) mass is 286 g/mol. The number of hydrogen-bond donors (Lipinski definition) is 1. The summed E-state index contributed by atoms with van der Waals surface area (Å²) in [6.45, 7) is 0. The lowest BCUT2D eigenvalue weighted by Crippen LogP contribution is -2.00. The van der Waals surface area contributed by atoms with Crippen LogP contribution < -0.4 is 4.74 Å². The lowest BCUT2D eigenvalue weighted by atomic mass is 10.1. The molecular formula is C13H12ClFO2S. The van der Waals surface area contributed by atoms with Crippen LogP contribution >= 0.6 is 22.9 Å². The molecule has 0 bridgehead atoms. The molecule has 1 atom stereocenters. The maximum Gasteiger partial charge on any atom is 0.165 e. The summed E-state index contributed by atoms with van der Waals surface area (Å²) in [7, 11) is 1.42. The van der Waals surface area contributed by atoms with Gasteiger partial charge in [-0.3, -0.25) is 0 Å². The van der Waals surface area contributed by atoms with Crippen LogP contribution in [0.4, 0.5) is 4.39 Å². The second-order valence-electron chi connectivity index (χ2n) is 3.86. The summed E-state index contributed by atoms with van der Waals surface area (Å²) in [5.74, 6) is -0.223. The van der Waals surface area contributed by atoms with Crippen molar-refractivity contribution < 1.29 is 14.2 Å². The van der Waals surface area contributed by atoms with Crippen molar-refractivity contribution in [1.29, 1.82) is 0 Å². The molecule has 2 rings (SSSR count). The van der Waals surface area contributed by atoms with Gasteiger partial charge in [0.15, 0.2) is 11.6 Å². The Bertz CT molecular complexity index is 542. The first kappa shape index (κ1) is 13.3. The molecular weight excluding hydrogens is 275 g/mol. The van der Waals surface area contributed by atoms with Crippen molar-refractivity contribution in [3.8, 4) is 5.75 Å². The standard InChI is InChI=1S/C13H12ClFO2S/c1-17-12-3-2-8(4-10(12)15)5-11(16)13-6-9(14)7-18-13/h2-4,6-7,11,16H,5H2,1H3. The molecule has 0 saturated heterocycles. The summed E-state index contributed by atoms with van der Waals surface area (Å²) >= 11 is 7.18. The third-order valence-corrected chi connectivity index (χ3v) is 3.94. The van der Waals surface area contributed by atoms with Gasteiger partial charge in [-0.05, 0) is 23.8 Å². The number of hydrogen-bond acceptors (Lipinski definition) is 3. The van der Waals surface area contributed by atoms with Gasteiger partial charge in [0.2, 0.25) is 0 Å². The fourth-order valence-corrected chi connectivity index (χ4v) is 2.73. The zero-order valence-corrected chi connectivity index (χ0v) is 11.3. The van der Waals surface area contributed by atoms with Gasteiger partial charge < -0.3 is 9.84 Å². The average Bonchev–Trinajstić information content (AvgIpc) is 2.76. The van der Waals surface area contributed by atoms with Crippen LogP contribution in [-0.2, 0) is 6.42 Å². The zero-order valence-electron chi connectivity index (χ0n) is 9.69. The number of aliphatic hydroxyl groups is 1. The second-order valence-corrected chi connectivity index (χ2v) is 5.24. The Morgan fingerprint density at radius 2 is 2.22 bits per heavy atom. The minimum absolute atomic E-state index is 0.201. The van der Waals surface area contributed by atoms with Crippen LogP contribution in [0.25, 0.3) is 0 Å². The molecule has 0 aliphatic carbocycles. The van der Waals surface area contributed by atoms with Gasteiger partial charge in [-0.25, -0.2) is 4.39 Å². The molecule has 0 aliphatic heterocycles. The van der Waals surface area contributed by atoms with Crippen molar-refractivity contribution >= 4 is 22.9 Å². The van der Waals surface area contributed by atoms with Gasteiger partial charge in [0.1, 0.15) is 0 Å². The molecule has 1 aromatic carbocycles. The lowest BCUT2D eigenvalue weighted by molar-refractivity contribution is 0.182. The zero-order chi connectivity index (χ0) is 13.1. The van der Waals surface area contributed by atoms with Gasteiger partial charge in [0.05, 0.1) is 18.2 Å². The highest BCUT2D eigenvalue weighted by Crippen LogP contribution is 2.28. The van der Waals surface area contributed by atoms with E-state index in [1.807, 2.05) is 0 Å². The number of ether oxygens (including phenoxy) is 1. The SMILES string of the molecule is COc1ccc(CC(O)c2cc(Cl)cs2)cc1F. The van der Waals surface area contributed by atoms with Crippen molar-refractivity contribution in [2.75, 3.05) is 7.11 Å². The van der Waals surface area contributed by atoms with E-state index in [0.717, 1.165) is 4.88 Å². The van der Waals surface area contributed by atoms with Crippen molar-refractivity contribution in [1.82, 2.24) is 0 Å². The van der Waals surface area contributed by atoms with E-state index in [-0.39, 0.29) is 5.75 Å². The fourth-order valence-electron chi connectivity index (χ4n) is 1.66. The topological polar surface area (TPSA) is 29.5 Å². The normalized spacial score (nSPS) is 12.4. The molecule has 0 aliphatic rings. The van der Waals surface area contributed by atoms with Crippen molar-refractivity contribution in [2.24, 2.45) is 0 Å². The third kappa shape index (κ3) is 3.02. The molecule has 2 nitrogen and oxygen atoms in total. The van der Waals surface area contributed by atoms with Gasteiger partial charge in [0, 0.05) is 16.7 Å². The Kier molecular flexibility index (Phi) is 4.22. The van der Waals surface area contributed by atoms with E-state index in [4.69, 9.17) is 16.3 Å². The van der Waals surface area contributed by atoms with Gasteiger partial charge in [0.25, 0.3) is 0 Å². The van der Waals surface area contributed by atoms with Gasteiger partial charge in [-0.2, -0.15) is 0 Å². The Morgan fingerprint density at radius 1 is 1.44 bits per heavy atom. The number of rotatable bonds is 4. The first-order valence-corrected chi connectivity index (χ1v) is 6.60. The van der Waals surface area contributed by atoms with Crippen LogP contribution in [0.3, 0.4) is 0 Å². The fraction of sp³-hybridized carbons (Fsp3) is 0.231. The van der Waals surface area contributed by atoms with E-state index < -0.39 is 11.9 Å². The first-order chi connectivity index (χ1) is 8.60. The highest BCUT2D eigenvalue weighted by Gasteiger charge is 2.12. The van der Waals surface area contributed by atoms with E-state index in [9.17, 15) is 9.50 Å². The number of thiophene rings is 1. The van der Waals surface area contributed by atoms with Crippen LogP contribution in [0.2, 0.25) is 5.02 Å². The van der Waals surface area contributed by atoms with E-state index in [1.165, 1.54) is 24.5 Å². The molecule has 0 fully saturated rings. The molecule has 2 aromatic rings. The summed E-state index contributed by atoms with van der Waals surface area (Å²) in [6.07, 6.45) is -0.326. The molecule has 96 valence electrons. The molecule has 5 heteroatoms. The molecule has 0 amide bonds. The Labute approximate surface area is 114 Å². The lowest BCUT2D eigenvalue weighted by Gasteiger charge is -2.09. The molecule has 1 N–H and O–H groups in total. The Hall–Kier alpha value is -1.10. The summed E-state index contributed by atoms with van der Waals surface area (Å²) in [6, 6.07) is 6.38. The van der Waals surface area contributed by atoms with Crippen molar-refractivity contribution in [3.63, 3.8) is 0 Å². The maximum atomic E-state index is 13.5. The van der Waals surface area contributed by atoms with Crippen LogP contribution in [0.1, 0.15) is 16.5 Å². The van der Waals surface area contributed by atoms with Crippen LogP contribution in [0.5, 0.6) is 5.75 Å². The quantitative estimate of drug-likeness (QED) is 0.926. The van der Waals surface area contributed by atoms with E-state index >= 15 is 0 Å². The predicted octanol–water partition coefficient (Wildman–Crippen LogP) is 3.83. The van der Waals surface area contributed by atoms with Gasteiger partial charge in [-0.1, -0.05) is 17.7 Å². The molecule has 1 unspecified atom stereocenters. The minimum Gasteiger partial charge on any atom is -0.494 e. The Morgan fingerprint density at radius 3 is 2.78 bits per heavy atom. The molecule has 0 radical (unpaired) electrons. The minimum atomic E-state index is -0.671. The van der Waals surface area contributed by atoms with E-state index in [1.54, 1.807) is 23.6 Å². The van der Waals surface area contributed by atoms with Gasteiger partial charge in [-0.15, -0.1) is 11.3 Å². The van der Waals surface area contributed by atoms with Crippen LogP contribution in [-0.4, -0.2) is 12.2 Å². The molecule has 1 aromatic heterocycles. The van der Waals surface area contributed by atoms with Gasteiger partial charge >= 0.3 is 0 Å². The van der Waals surface area contributed by atoms with Crippen LogP contribution in [0.15, 0.2) is 29.6 Å².